The molecule has 8 heavy (non-hydrogen) atoms. The molecule has 0 rings (SSSR count). The van der Waals surface area contributed by atoms with E-state index in [2.05, 4.69) is 14.8 Å². The predicted molar refractivity (Wildman–Crippen MR) is 30.1 cm³/mol. The van der Waals surface area contributed by atoms with Crippen LogP contribution in [0.2, 0.25) is 0 Å². The molecule has 0 amide bonds. The normalized spacial score (nSPS) is 8.25. The molecule has 45 valence electrons. The van der Waals surface area contributed by atoms with Gasteiger partial charge in [0.1, 0.15) is 0 Å². The van der Waals surface area contributed by atoms with Crippen molar-refractivity contribution in [2.75, 3.05) is 13.2 Å². The van der Waals surface area contributed by atoms with E-state index >= 15 is 0 Å². The van der Waals surface area contributed by atoms with Crippen LogP contribution >= 0.6 is 0 Å². The summed E-state index contributed by atoms with van der Waals surface area (Å²) < 4.78 is 0. The van der Waals surface area contributed by atoms with Crippen LogP contribution < -0.4 is 0 Å². The van der Waals surface area contributed by atoms with E-state index < -0.39 is 0 Å². The molecule has 0 aliphatic heterocycles. The quantitative estimate of drug-likeness (QED) is 0.250. The van der Waals surface area contributed by atoms with Crippen LogP contribution in [0.3, 0.4) is 0 Å². The summed E-state index contributed by atoms with van der Waals surface area (Å²) in [5.41, 5.74) is 0. The van der Waals surface area contributed by atoms with Gasteiger partial charge in [-0.05, 0) is 13.8 Å². The average Bonchev–Trinajstić information content (AvgIpc) is 1.69. The zero-order chi connectivity index (χ0) is 5.54. The summed E-state index contributed by atoms with van der Waals surface area (Å²) in [6.07, 6.45) is 0. The second-order valence-corrected chi connectivity index (χ2v) is 0.881. The van der Waals surface area contributed by atoms with Crippen LogP contribution in [0.15, 0.2) is 0 Å². The van der Waals surface area contributed by atoms with Crippen molar-refractivity contribution < 1.29 is 14.8 Å². The first kappa shape index (κ1) is 12.2. The van der Waals surface area contributed by atoms with Crippen molar-refractivity contribution in [3.63, 3.8) is 0 Å². The Bertz CT molecular complexity index is 30.5. The fourth-order valence-corrected chi connectivity index (χ4v) is 0.130. The van der Waals surface area contributed by atoms with Gasteiger partial charge in [0.25, 0.3) is 0 Å². The van der Waals surface area contributed by atoms with Crippen LogP contribution in [0, 0.1) is 0 Å². The Morgan fingerprint density at radius 1 is 1.00 bits per heavy atom. The Hall–Kier alpha value is 1.52. The summed E-state index contributed by atoms with van der Waals surface area (Å²) in [7, 11) is 0. The van der Waals surface area contributed by atoms with Gasteiger partial charge in [-0.15, -0.1) is 0 Å². The first-order valence-electron chi connectivity index (χ1n) is 2.32. The Morgan fingerprint density at radius 3 is 1.62 bits per heavy atom. The smallest absolute Gasteiger partial charge is 0.0825 e. The van der Waals surface area contributed by atoms with Gasteiger partial charge in [-0.1, -0.05) is 5.04 Å². The summed E-state index contributed by atoms with van der Waals surface area (Å²) in [5.74, 6) is 0. The molecule has 0 bridgehead atoms. The summed E-state index contributed by atoms with van der Waals surface area (Å²) in [5, 5.41) is 4.13. The van der Waals surface area contributed by atoms with Gasteiger partial charge in [0.2, 0.25) is 0 Å². The van der Waals surface area contributed by atoms with Crippen molar-refractivity contribution in [1.29, 1.82) is 0 Å². The maximum Gasteiger partial charge on any atom is 0.0825 e. The Balaban J connectivity index is 0. The molecular weight excluding hydrogens is 135 g/mol. The van der Waals surface area contributed by atoms with Gasteiger partial charge in [-0.3, -0.25) is 0 Å². The number of hydrogen-bond acceptors (Lipinski definition) is 3. The van der Waals surface area contributed by atoms with E-state index in [4.69, 9.17) is 0 Å². The molecule has 0 aliphatic carbocycles. The molecule has 0 aliphatic rings. The van der Waals surface area contributed by atoms with Gasteiger partial charge in [0, 0.05) is 51.4 Å². The summed E-state index contributed by atoms with van der Waals surface area (Å²) in [6.45, 7) is 4.66. The molecule has 3 nitrogen and oxygen atoms in total. The SMILES string of the molecule is CCOOOCC.[K]. The van der Waals surface area contributed by atoms with Gasteiger partial charge in [-0.2, -0.15) is 0 Å². The molecule has 0 aromatic carbocycles. The molecule has 0 saturated heterocycles. The zero-order valence-electron chi connectivity index (χ0n) is 5.64. The van der Waals surface area contributed by atoms with Crippen LogP contribution in [-0.4, -0.2) is 64.6 Å². The number of rotatable bonds is 4. The van der Waals surface area contributed by atoms with Gasteiger partial charge in [0.15, 0.2) is 0 Å². The molecule has 0 saturated carbocycles. The van der Waals surface area contributed by atoms with Crippen LogP contribution in [0.5, 0.6) is 0 Å². The predicted octanol–water partition coefficient (Wildman–Crippen LogP) is 0.525. The Morgan fingerprint density at radius 2 is 1.38 bits per heavy atom. The van der Waals surface area contributed by atoms with Gasteiger partial charge in [-0.25, -0.2) is 9.78 Å². The van der Waals surface area contributed by atoms with Crippen LogP contribution in [0.1, 0.15) is 13.8 Å². The van der Waals surface area contributed by atoms with Crippen LogP contribution in [0.25, 0.3) is 0 Å². The van der Waals surface area contributed by atoms with Crippen molar-refractivity contribution in [1.82, 2.24) is 0 Å². The maximum absolute atomic E-state index is 4.35. The largest absolute Gasteiger partial charge is 0.206 e. The molecule has 0 N–H and O–H groups in total. The average molecular weight is 145 g/mol. The van der Waals surface area contributed by atoms with E-state index in [1.165, 1.54) is 0 Å². The van der Waals surface area contributed by atoms with E-state index in [-0.39, 0.29) is 51.4 Å². The first-order chi connectivity index (χ1) is 3.41. The molecule has 0 aromatic rings. The Labute approximate surface area is 92.0 Å². The minimum absolute atomic E-state index is 0. The fourth-order valence-electron chi connectivity index (χ4n) is 0.130. The summed E-state index contributed by atoms with van der Waals surface area (Å²) in [4.78, 5) is 8.70. The fraction of sp³-hybridized carbons (Fsp3) is 1.00. The minimum atomic E-state index is 0. The van der Waals surface area contributed by atoms with Crippen molar-refractivity contribution in [3.05, 3.63) is 0 Å². The standard InChI is InChI=1S/C4H10O3.K/c1-3-5-7-6-4-2;/h3-4H2,1-2H3;. The topological polar surface area (TPSA) is 27.7 Å². The van der Waals surface area contributed by atoms with Crippen molar-refractivity contribution in [2.24, 2.45) is 0 Å². The Kier molecular flexibility index (Phi) is 17.3. The van der Waals surface area contributed by atoms with Gasteiger partial charge in [0.05, 0.1) is 13.2 Å². The van der Waals surface area contributed by atoms with E-state index in [1.54, 1.807) is 0 Å². The van der Waals surface area contributed by atoms with Gasteiger partial charge >= 0.3 is 0 Å². The van der Waals surface area contributed by atoms with Crippen molar-refractivity contribution in [3.8, 4) is 0 Å². The third kappa shape index (κ3) is 10.5. The van der Waals surface area contributed by atoms with Gasteiger partial charge < -0.3 is 0 Å². The molecule has 0 aromatic heterocycles. The molecular formula is C4H10KO3. The zero-order valence-corrected chi connectivity index (χ0v) is 8.76. The number of hydrogen-bond donors (Lipinski definition) is 0. The molecule has 0 fully saturated rings. The monoisotopic (exact) mass is 145 g/mol. The van der Waals surface area contributed by atoms with E-state index in [9.17, 15) is 0 Å². The molecule has 1 radical (unpaired) electrons. The van der Waals surface area contributed by atoms with Crippen molar-refractivity contribution in [2.45, 2.75) is 13.8 Å². The second kappa shape index (κ2) is 11.3. The molecule has 4 heteroatoms. The third-order valence-electron chi connectivity index (χ3n) is 0.332. The molecule has 0 heterocycles. The summed E-state index contributed by atoms with van der Waals surface area (Å²) in [6, 6.07) is 0. The first-order valence-corrected chi connectivity index (χ1v) is 2.32. The molecule has 0 spiro atoms. The van der Waals surface area contributed by atoms with Crippen LogP contribution in [-0.2, 0) is 14.8 Å². The van der Waals surface area contributed by atoms with E-state index in [0.717, 1.165) is 0 Å². The maximum atomic E-state index is 4.35. The molecule has 0 unspecified atom stereocenters. The van der Waals surface area contributed by atoms with E-state index in [1.807, 2.05) is 13.8 Å². The minimum Gasteiger partial charge on any atom is -0.206 e. The van der Waals surface area contributed by atoms with E-state index in [0.29, 0.717) is 13.2 Å². The molecule has 0 atom stereocenters. The second-order valence-electron chi connectivity index (χ2n) is 0.881. The third-order valence-corrected chi connectivity index (χ3v) is 0.332. The van der Waals surface area contributed by atoms with Crippen molar-refractivity contribution >= 4 is 51.4 Å². The van der Waals surface area contributed by atoms with Crippen LogP contribution in [0.4, 0.5) is 0 Å². The summed E-state index contributed by atoms with van der Waals surface area (Å²) >= 11 is 0.